The quantitative estimate of drug-likeness (QED) is 0.938. The molecule has 0 aliphatic rings. The minimum atomic E-state index is -0.575. The first kappa shape index (κ1) is 16.0. The highest BCUT2D eigenvalue weighted by atomic mass is 16.6. The summed E-state index contributed by atoms with van der Waals surface area (Å²) in [5.41, 5.74) is 0.272. The van der Waals surface area contributed by atoms with Crippen molar-refractivity contribution in [1.29, 1.82) is 0 Å². The molecule has 2 aromatic rings. The van der Waals surface area contributed by atoms with Gasteiger partial charge in [0.05, 0.1) is 0 Å². The Hall–Kier alpha value is -2.37. The number of amides is 1. The topological polar surface area (TPSA) is 77.2 Å². The SMILES string of the molecule is CCc1noc([C@@H](NC(=O)OC(C)(C)C)c2ccccc2)n1. The Morgan fingerprint density at radius 1 is 1.32 bits per heavy atom. The van der Waals surface area contributed by atoms with Crippen LogP contribution in [0.15, 0.2) is 34.9 Å². The summed E-state index contributed by atoms with van der Waals surface area (Å²) in [6.45, 7) is 7.37. The third-order valence-corrected chi connectivity index (χ3v) is 2.84. The smallest absolute Gasteiger partial charge is 0.408 e. The van der Waals surface area contributed by atoms with Crippen LogP contribution >= 0.6 is 0 Å². The minimum absolute atomic E-state index is 0.342. The molecular formula is C16H21N3O3. The molecule has 0 saturated heterocycles. The van der Waals surface area contributed by atoms with Gasteiger partial charge in [-0.2, -0.15) is 4.98 Å². The molecule has 0 saturated carbocycles. The highest BCUT2D eigenvalue weighted by molar-refractivity contribution is 5.68. The first-order valence-electron chi connectivity index (χ1n) is 7.26. The van der Waals surface area contributed by atoms with Crippen molar-refractivity contribution < 1.29 is 14.1 Å². The summed E-state index contributed by atoms with van der Waals surface area (Å²) in [5, 5.41) is 6.67. The number of hydrogen-bond donors (Lipinski definition) is 1. The second-order valence-electron chi connectivity index (χ2n) is 5.89. The summed E-state index contributed by atoms with van der Waals surface area (Å²) in [5.74, 6) is 0.941. The van der Waals surface area contributed by atoms with Gasteiger partial charge in [-0.1, -0.05) is 42.4 Å². The zero-order valence-electron chi connectivity index (χ0n) is 13.3. The van der Waals surface area contributed by atoms with Crippen LogP contribution in [0.2, 0.25) is 0 Å². The highest BCUT2D eigenvalue weighted by Crippen LogP contribution is 2.21. The predicted molar refractivity (Wildman–Crippen MR) is 81.3 cm³/mol. The van der Waals surface area contributed by atoms with Gasteiger partial charge in [0.1, 0.15) is 11.6 Å². The molecule has 0 aliphatic heterocycles. The van der Waals surface area contributed by atoms with Crippen molar-refractivity contribution in [1.82, 2.24) is 15.5 Å². The fourth-order valence-electron chi connectivity index (χ4n) is 1.89. The molecule has 0 bridgehead atoms. The first-order valence-corrected chi connectivity index (χ1v) is 7.26. The standard InChI is InChI=1S/C16H21N3O3/c1-5-12-17-14(22-19-12)13(11-9-7-6-8-10-11)18-15(20)21-16(2,3)4/h6-10,13H,5H2,1-4H3,(H,18,20)/t13-/m0/s1. The van der Waals surface area contributed by atoms with Crippen molar-refractivity contribution in [2.24, 2.45) is 0 Å². The molecule has 2 rings (SSSR count). The molecule has 1 aromatic carbocycles. The van der Waals surface area contributed by atoms with Crippen LogP contribution in [-0.2, 0) is 11.2 Å². The molecule has 1 atom stereocenters. The minimum Gasteiger partial charge on any atom is -0.444 e. The predicted octanol–water partition coefficient (Wildman–Crippen LogP) is 3.25. The molecular weight excluding hydrogens is 282 g/mol. The maximum absolute atomic E-state index is 12.1. The Kier molecular flexibility index (Phi) is 4.80. The van der Waals surface area contributed by atoms with Crippen LogP contribution in [0.1, 0.15) is 51.0 Å². The summed E-state index contributed by atoms with van der Waals surface area (Å²) in [6.07, 6.45) is 0.134. The van der Waals surface area contributed by atoms with Crippen LogP contribution in [0.3, 0.4) is 0 Å². The van der Waals surface area contributed by atoms with Gasteiger partial charge in [-0.05, 0) is 26.3 Å². The van der Waals surface area contributed by atoms with Gasteiger partial charge in [-0.3, -0.25) is 0 Å². The Balaban J connectivity index is 2.24. The zero-order chi connectivity index (χ0) is 16.2. The lowest BCUT2D eigenvalue weighted by atomic mass is 10.1. The van der Waals surface area contributed by atoms with Crippen molar-refractivity contribution in [3.8, 4) is 0 Å². The lowest BCUT2D eigenvalue weighted by Crippen LogP contribution is -2.35. The van der Waals surface area contributed by atoms with Crippen molar-refractivity contribution in [2.45, 2.75) is 45.8 Å². The third kappa shape index (κ3) is 4.31. The van der Waals surface area contributed by atoms with Crippen LogP contribution < -0.4 is 5.32 Å². The lowest BCUT2D eigenvalue weighted by molar-refractivity contribution is 0.0504. The van der Waals surface area contributed by atoms with Gasteiger partial charge < -0.3 is 14.6 Å². The van der Waals surface area contributed by atoms with Crippen molar-refractivity contribution in [3.05, 3.63) is 47.6 Å². The van der Waals surface area contributed by atoms with E-state index < -0.39 is 17.7 Å². The molecule has 1 N–H and O–H groups in total. The van der Waals surface area contributed by atoms with Gasteiger partial charge in [0, 0.05) is 6.42 Å². The molecule has 0 aliphatic carbocycles. The van der Waals surface area contributed by atoms with Crippen molar-refractivity contribution >= 4 is 6.09 Å². The van der Waals surface area contributed by atoms with E-state index in [0.29, 0.717) is 18.1 Å². The third-order valence-electron chi connectivity index (χ3n) is 2.84. The second kappa shape index (κ2) is 6.60. The molecule has 0 radical (unpaired) electrons. The van der Waals surface area contributed by atoms with Gasteiger partial charge >= 0.3 is 6.09 Å². The van der Waals surface area contributed by atoms with Crippen LogP contribution in [0, 0.1) is 0 Å². The number of nitrogens with zero attached hydrogens (tertiary/aromatic N) is 2. The maximum Gasteiger partial charge on any atom is 0.408 e. The number of aromatic nitrogens is 2. The van der Waals surface area contributed by atoms with E-state index in [2.05, 4.69) is 15.5 Å². The fourth-order valence-corrected chi connectivity index (χ4v) is 1.89. The van der Waals surface area contributed by atoms with Crippen LogP contribution in [0.4, 0.5) is 4.79 Å². The van der Waals surface area contributed by atoms with E-state index in [9.17, 15) is 4.79 Å². The highest BCUT2D eigenvalue weighted by Gasteiger charge is 2.25. The molecule has 1 heterocycles. The van der Waals surface area contributed by atoms with Crippen LogP contribution in [-0.4, -0.2) is 21.8 Å². The summed E-state index contributed by atoms with van der Waals surface area (Å²) in [7, 11) is 0. The second-order valence-corrected chi connectivity index (χ2v) is 5.89. The maximum atomic E-state index is 12.1. The number of benzene rings is 1. The number of nitrogens with one attached hydrogen (secondary N) is 1. The van der Waals surface area contributed by atoms with Gasteiger partial charge in [-0.15, -0.1) is 0 Å². The van der Waals surface area contributed by atoms with E-state index in [1.54, 1.807) is 0 Å². The number of alkyl carbamates (subject to hydrolysis) is 1. The summed E-state index contributed by atoms with van der Waals surface area (Å²) in [4.78, 5) is 16.4. The molecule has 1 amide bonds. The molecule has 118 valence electrons. The van der Waals surface area contributed by atoms with Gasteiger partial charge in [0.25, 0.3) is 5.89 Å². The van der Waals surface area contributed by atoms with Gasteiger partial charge in [0.15, 0.2) is 5.82 Å². The molecule has 6 heteroatoms. The Bertz CT molecular complexity index is 617. The van der Waals surface area contributed by atoms with E-state index in [1.165, 1.54) is 0 Å². The fraction of sp³-hybridized carbons (Fsp3) is 0.438. The van der Waals surface area contributed by atoms with Crippen molar-refractivity contribution in [2.75, 3.05) is 0 Å². The molecule has 22 heavy (non-hydrogen) atoms. The lowest BCUT2D eigenvalue weighted by Gasteiger charge is -2.22. The van der Waals surface area contributed by atoms with E-state index in [1.807, 2.05) is 58.0 Å². The number of ether oxygens (including phenoxy) is 1. The van der Waals surface area contributed by atoms with Gasteiger partial charge in [-0.25, -0.2) is 4.79 Å². The van der Waals surface area contributed by atoms with Crippen molar-refractivity contribution in [3.63, 3.8) is 0 Å². The Morgan fingerprint density at radius 2 is 2.00 bits per heavy atom. The molecule has 0 unspecified atom stereocenters. The number of carbonyl (C=O) groups is 1. The Labute approximate surface area is 129 Å². The zero-order valence-corrected chi connectivity index (χ0v) is 13.3. The summed E-state index contributed by atoms with van der Waals surface area (Å²) >= 11 is 0. The molecule has 1 aromatic heterocycles. The van der Waals surface area contributed by atoms with Gasteiger partial charge in [0.2, 0.25) is 0 Å². The average molecular weight is 303 g/mol. The average Bonchev–Trinajstić information content (AvgIpc) is 2.92. The summed E-state index contributed by atoms with van der Waals surface area (Å²) in [6, 6.07) is 8.91. The van der Waals surface area contributed by atoms with Crippen LogP contribution in [0.25, 0.3) is 0 Å². The molecule has 6 nitrogen and oxygen atoms in total. The molecule has 0 fully saturated rings. The Morgan fingerprint density at radius 3 is 2.55 bits per heavy atom. The number of hydrogen-bond acceptors (Lipinski definition) is 5. The number of carbonyl (C=O) groups excluding carboxylic acids is 1. The van der Waals surface area contributed by atoms with E-state index in [0.717, 1.165) is 5.56 Å². The number of rotatable bonds is 4. The first-order chi connectivity index (χ1) is 10.4. The van der Waals surface area contributed by atoms with E-state index in [4.69, 9.17) is 9.26 Å². The van der Waals surface area contributed by atoms with E-state index >= 15 is 0 Å². The molecule has 0 spiro atoms. The number of aryl methyl sites for hydroxylation is 1. The largest absolute Gasteiger partial charge is 0.444 e. The van der Waals surface area contributed by atoms with E-state index in [-0.39, 0.29) is 0 Å². The summed E-state index contributed by atoms with van der Waals surface area (Å²) < 4.78 is 10.6. The monoisotopic (exact) mass is 303 g/mol. The van der Waals surface area contributed by atoms with Crippen LogP contribution in [0.5, 0.6) is 0 Å². The normalized spacial score (nSPS) is 12.7.